The molecule has 2 aromatic rings. The number of hydrogen-bond donors (Lipinski definition) is 2. The number of benzene rings is 2. The first-order valence-corrected chi connectivity index (χ1v) is 16.9. The van der Waals surface area contributed by atoms with E-state index in [4.69, 9.17) is 4.74 Å². The summed E-state index contributed by atoms with van der Waals surface area (Å²) in [6, 6.07) is 16.9. The third-order valence-corrected chi connectivity index (χ3v) is 10.1. The smallest absolute Gasteiger partial charge is 0.335 e. The van der Waals surface area contributed by atoms with Crippen LogP contribution in [0.4, 0.5) is 4.79 Å². The number of rotatable bonds is 16. The number of amides is 2. The quantitative estimate of drug-likeness (QED) is 0.120. The summed E-state index contributed by atoms with van der Waals surface area (Å²) in [7, 11) is 0. The van der Waals surface area contributed by atoms with E-state index in [0.29, 0.717) is 11.8 Å². The summed E-state index contributed by atoms with van der Waals surface area (Å²) in [6.07, 6.45) is 22.0. The van der Waals surface area contributed by atoms with E-state index < -0.39 is 0 Å². The molecule has 5 heteroatoms. The fourth-order valence-corrected chi connectivity index (χ4v) is 8.52. The van der Waals surface area contributed by atoms with Crippen molar-refractivity contribution >= 4 is 12.2 Å². The number of nitrogens with zero attached hydrogens (tertiary/aromatic N) is 1. The van der Waals surface area contributed by atoms with Gasteiger partial charge in [-0.2, -0.15) is 5.10 Å². The molecule has 42 heavy (non-hydrogen) atoms. The summed E-state index contributed by atoms with van der Waals surface area (Å²) in [4.78, 5) is 13.0. The number of carbonyl (C=O) groups excluding carboxylic acids is 1. The highest BCUT2D eigenvalue weighted by Crippen LogP contribution is 2.62. The molecule has 2 atom stereocenters. The molecule has 4 aliphatic rings. The predicted molar refractivity (Wildman–Crippen MR) is 173 cm³/mol. The van der Waals surface area contributed by atoms with Crippen LogP contribution in [0.3, 0.4) is 0 Å². The highest BCUT2D eigenvalue weighted by molar-refractivity contribution is 5.82. The maximum Gasteiger partial charge on any atom is 0.335 e. The van der Waals surface area contributed by atoms with Gasteiger partial charge < -0.3 is 10.1 Å². The second-order valence-corrected chi connectivity index (χ2v) is 13.8. The molecule has 4 bridgehead atoms. The number of hydrogen-bond acceptors (Lipinski definition) is 3. The van der Waals surface area contributed by atoms with Gasteiger partial charge in [0.25, 0.3) is 0 Å². The van der Waals surface area contributed by atoms with E-state index in [2.05, 4.69) is 54.0 Å². The first kappa shape index (κ1) is 30.6. The van der Waals surface area contributed by atoms with Crippen LogP contribution in [0, 0.1) is 18.8 Å². The monoisotopic (exact) mass is 571 g/mol. The number of ether oxygens (including phenoxy) is 1. The zero-order valence-electron chi connectivity index (χ0n) is 26.1. The zero-order chi connectivity index (χ0) is 29.3. The van der Waals surface area contributed by atoms with Gasteiger partial charge in [-0.1, -0.05) is 94.5 Å². The number of nitrogens with one attached hydrogen (secondary N) is 2. The largest absolute Gasteiger partial charge is 0.494 e. The molecule has 4 aliphatic carbocycles. The molecule has 0 aromatic heterocycles. The van der Waals surface area contributed by atoms with Gasteiger partial charge in [0, 0.05) is 5.54 Å². The number of hydrazone groups is 1. The molecule has 6 rings (SSSR count). The lowest BCUT2D eigenvalue weighted by Gasteiger charge is -2.62. The molecule has 4 saturated carbocycles. The van der Waals surface area contributed by atoms with Crippen molar-refractivity contribution in [2.75, 3.05) is 6.61 Å². The van der Waals surface area contributed by atoms with Crippen LogP contribution in [0.15, 0.2) is 53.6 Å². The fourth-order valence-electron chi connectivity index (χ4n) is 8.52. The summed E-state index contributed by atoms with van der Waals surface area (Å²) < 4.78 is 5.93. The molecule has 2 unspecified atom stereocenters. The molecule has 0 heterocycles. The highest BCUT2D eigenvalue weighted by Gasteiger charge is 2.58. The molecule has 4 fully saturated rings. The van der Waals surface area contributed by atoms with Gasteiger partial charge in [0.15, 0.2) is 0 Å². The van der Waals surface area contributed by atoms with Crippen molar-refractivity contribution in [3.05, 3.63) is 65.2 Å². The number of aryl methyl sites for hydroxylation is 1. The normalized spacial score (nSPS) is 26.0. The van der Waals surface area contributed by atoms with Crippen LogP contribution in [0.1, 0.15) is 126 Å². The first-order chi connectivity index (χ1) is 20.5. The third kappa shape index (κ3) is 8.17. The van der Waals surface area contributed by atoms with Crippen LogP contribution in [0.2, 0.25) is 0 Å². The van der Waals surface area contributed by atoms with E-state index in [9.17, 15) is 4.79 Å². The Balaban J connectivity index is 1.01. The summed E-state index contributed by atoms with van der Waals surface area (Å²) in [5.41, 5.74) is 6.53. The van der Waals surface area contributed by atoms with E-state index >= 15 is 0 Å². The zero-order valence-corrected chi connectivity index (χ0v) is 26.1. The maximum atomic E-state index is 13.0. The van der Waals surface area contributed by atoms with Crippen molar-refractivity contribution in [3.63, 3.8) is 0 Å². The van der Waals surface area contributed by atoms with Crippen molar-refractivity contribution in [2.24, 2.45) is 16.9 Å². The molecule has 0 saturated heterocycles. The van der Waals surface area contributed by atoms with Crippen molar-refractivity contribution < 1.29 is 9.53 Å². The molecular formula is C37H53N3O2. The van der Waals surface area contributed by atoms with E-state index in [-0.39, 0.29) is 17.0 Å². The summed E-state index contributed by atoms with van der Waals surface area (Å²) in [6.45, 7) is 5.19. The number of urea groups is 1. The predicted octanol–water partition coefficient (Wildman–Crippen LogP) is 9.22. The fraction of sp³-hybridized carbons (Fsp3) is 0.622. The van der Waals surface area contributed by atoms with E-state index in [1.54, 1.807) is 6.21 Å². The molecule has 228 valence electrons. The first-order valence-electron chi connectivity index (χ1n) is 16.9. The van der Waals surface area contributed by atoms with E-state index in [1.807, 2.05) is 24.3 Å². The van der Waals surface area contributed by atoms with Crippen LogP contribution in [0.25, 0.3) is 0 Å². The van der Waals surface area contributed by atoms with Crippen LogP contribution in [-0.2, 0) is 5.41 Å². The summed E-state index contributed by atoms with van der Waals surface area (Å²) >= 11 is 0. The van der Waals surface area contributed by atoms with Gasteiger partial charge in [0.1, 0.15) is 5.75 Å². The minimum Gasteiger partial charge on any atom is -0.494 e. The van der Waals surface area contributed by atoms with E-state index in [1.165, 1.54) is 88.2 Å². The van der Waals surface area contributed by atoms with Crippen LogP contribution < -0.4 is 15.5 Å². The molecule has 2 amide bonds. The van der Waals surface area contributed by atoms with Crippen molar-refractivity contribution in [1.29, 1.82) is 0 Å². The summed E-state index contributed by atoms with van der Waals surface area (Å²) in [5.74, 6) is 2.28. The van der Waals surface area contributed by atoms with Crippen LogP contribution >= 0.6 is 0 Å². The SMILES string of the molecule is CCCCCCCCCCCCOc1ccc(/C=N/NC(=O)NC23CC4CC(C2)CC(c2ccc(C)cc2)(C4)C3)cc1. The average molecular weight is 572 g/mol. The standard InChI is InChI=1S/C37H53N3O2/c1-3-4-5-6-7-8-9-10-11-12-21-42-34-19-15-30(16-20-34)27-38-40-35(41)39-37-25-31-22-32(26-37)24-36(23-31,28-37)33-17-13-29(2)14-18-33/h13-20,27,31-32H,3-12,21-26,28H2,1-2H3,(H2,39,40,41)/b38-27+. The Labute approximate surface area is 254 Å². The van der Waals surface area contributed by atoms with Gasteiger partial charge in [-0.3, -0.25) is 0 Å². The van der Waals surface area contributed by atoms with Gasteiger partial charge in [-0.25, -0.2) is 10.2 Å². The van der Waals surface area contributed by atoms with Gasteiger partial charge in [-0.15, -0.1) is 0 Å². The molecule has 0 aliphatic heterocycles. The number of unbranched alkanes of at least 4 members (excludes halogenated alkanes) is 9. The molecule has 0 radical (unpaired) electrons. The Morgan fingerprint density at radius 2 is 1.48 bits per heavy atom. The average Bonchev–Trinajstić information content (AvgIpc) is 2.96. The van der Waals surface area contributed by atoms with Crippen molar-refractivity contribution in [2.45, 2.75) is 128 Å². The third-order valence-electron chi connectivity index (χ3n) is 10.1. The van der Waals surface area contributed by atoms with Crippen molar-refractivity contribution in [1.82, 2.24) is 10.7 Å². The second-order valence-electron chi connectivity index (χ2n) is 13.8. The van der Waals surface area contributed by atoms with Gasteiger partial charge >= 0.3 is 6.03 Å². The van der Waals surface area contributed by atoms with E-state index in [0.717, 1.165) is 43.6 Å². The minimum absolute atomic E-state index is 0.123. The highest BCUT2D eigenvalue weighted by atomic mass is 16.5. The topological polar surface area (TPSA) is 62.7 Å². The van der Waals surface area contributed by atoms with Gasteiger partial charge in [-0.05, 0) is 105 Å². The molecular weight excluding hydrogens is 518 g/mol. The van der Waals surface area contributed by atoms with Gasteiger partial charge in [0.2, 0.25) is 0 Å². The maximum absolute atomic E-state index is 13.0. The Kier molecular flexibility index (Phi) is 10.6. The van der Waals surface area contributed by atoms with Crippen LogP contribution in [-0.4, -0.2) is 24.4 Å². The molecule has 0 spiro atoms. The van der Waals surface area contributed by atoms with Gasteiger partial charge in [0.05, 0.1) is 12.8 Å². The Morgan fingerprint density at radius 1 is 0.857 bits per heavy atom. The lowest BCUT2D eigenvalue weighted by molar-refractivity contribution is -0.0349. The lowest BCUT2D eigenvalue weighted by atomic mass is 9.45. The Bertz CT molecular complexity index is 1140. The summed E-state index contributed by atoms with van der Waals surface area (Å²) in [5, 5.41) is 7.66. The Morgan fingerprint density at radius 3 is 2.12 bits per heavy atom. The minimum atomic E-state index is -0.191. The Hall–Kier alpha value is -2.82. The lowest BCUT2D eigenvalue weighted by Crippen LogP contribution is -2.65. The molecule has 2 aromatic carbocycles. The molecule has 5 nitrogen and oxygen atoms in total. The molecule has 2 N–H and O–H groups in total. The number of carbonyl (C=O) groups is 1. The second kappa shape index (κ2) is 14.6. The van der Waals surface area contributed by atoms with Crippen molar-refractivity contribution in [3.8, 4) is 5.75 Å². The van der Waals surface area contributed by atoms with Crippen LogP contribution in [0.5, 0.6) is 5.75 Å².